The van der Waals surface area contributed by atoms with Gasteiger partial charge in [0.05, 0.1) is 13.0 Å². The second-order valence-electron chi connectivity index (χ2n) is 4.67. The number of nitrogens with one attached hydrogen (secondary N) is 1. The molecule has 1 amide bonds. The summed E-state index contributed by atoms with van der Waals surface area (Å²) >= 11 is 0. The first-order valence-electron chi connectivity index (χ1n) is 6.59. The summed E-state index contributed by atoms with van der Waals surface area (Å²) in [4.78, 5) is 11.8. The van der Waals surface area contributed by atoms with Crippen LogP contribution in [0.2, 0.25) is 0 Å². The van der Waals surface area contributed by atoms with Crippen LogP contribution in [0.1, 0.15) is 12.0 Å². The van der Waals surface area contributed by atoms with Crippen molar-refractivity contribution < 1.29 is 13.9 Å². The highest BCUT2D eigenvalue weighted by Gasteiger charge is 2.06. The van der Waals surface area contributed by atoms with Gasteiger partial charge in [0.15, 0.2) is 0 Å². The summed E-state index contributed by atoms with van der Waals surface area (Å²) in [6, 6.07) is 11.2. The molecule has 0 heterocycles. The van der Waals surface area contributed by atoms with E-state index in [9.17, 15) is 9.18 Å². The van der Waals surface area contributed by atoms with Crippen molar-refractivity contribution in [2.45, 2.75) is 13.3 Å². The average Bonchev–Trinajstić information content (AvgIpc) is 2.44. The van der Waals surface area contributed by atoms with E-state index in [1.807, 2.05) is 0 Å². The molecule has 110 valence electrons. The van der Waals surface area contributed by atoms with Crippen LogP contribution in [-0.4, -0.2) is 12.5 Å². The average molecular weight is 288 g/mol. The van der Waals surface area contributed by atoms with Gasteiger partial charge in [0, 0.05) is 11.4 Å². The Hall–Kier alpha value is -2.56. The Morgan fingerprint density at radius 1 is 1.24 bits per heavy atom. The Balaban J connectivity index is 1.81. The molecular weight excluding hydrogens is 271 g/mol. The Labute approximate surface area is 122 Å². The van der Waals surface area contributed by atoms with Crippen LogP contribution in [0, 0.1) is 12.7 Å². The fourth-order valence-corrected chi connectivity index (χ4v) is 1.81. The van der Waals surface area contributed by atoms with Gasteiger partial charge in [0.1, 0.15) is 11.6 Å². The number of anilines is 2. The fourth-order valence-electron chi connectivity index (χ4n) is 1.81. The molecule has 0 aromatic heterocycles. The molecule has 2 aromatic rings. The van der Waals surface area contributed by atoms with E-state index in [2.05, 4.69) is 5.32 Å². The molecule has 0 unspecified atom stereocenters. The molecule has 0 aliphatic carbocycles. The number of nitrogen functional groups attached to an aromatic ring is 1. The first-order valence-corrected chi connectivity index (χ1v) is 6.59. The summed E-state index contributed by atoms with van der Waals surface area (Å²) in [6.45, 7) is 2.00. The van der Waals surface area contributed by atoms with Crippen LogP contribution >= 0.6 is 0 Å². The molecule has 0 bridgehead atoms. The Bertz CT molecular complexity index is 627. The quantitative estimate of drug-likeness (QED) is 0.831. The third-order valence-corrected chi connectivity index (χ3v) is 2.94. The lowest BCUT2D eigenvalue weighted by Gasteiger charge is -2.09. The van der Waals surface area contributed by atoms with Crippen LogP contribution in [0.5, 0.6) is 5.75 Å². The number of halogens is 1. The molecule has 0 saturated heterocycles. The van der Waals surface area contributed by atoms with E-state index in [0.29, 0.717) is 22.7 Å². The highest BCUT2D eigenvalue weighted by molar-refractivity contribution is 5.91. The van der Waals surface area contributed by atoms with Crippen LogP contribution in [-0.2, 0) is 4.79 Å². The summed E-state index contributed by atoms with van der Waals surface area (Å²) < 4.78 is 18.4. The van der Waals surface area contributed by atoms with Crippen molar-refractivity contribution in [3.05, 3.63) is 53.8 Å². The zero-order chi connectivity index (χ0) is 15.2. The number of aryl methyl sites for hydroxylation is 1. The van der Waals surface area contributed by atoms with Crippen molar-refractivity contribution >= 4 is 17.3 Å². The van der Waals surface area contributed by atoms with Gasteiger partial charge in [0.2, 0.25) is 5.91 Å². The molecule has 2 aromatic carbocycles. The Kier molecular flexibility index (Phi) is 4.77. The zero-order valence-corrected chi connectivity index (χ0v) is 11.7. The van der Waals surface area contributed by atoms with Crippen molar-refractivity contribution in [2.75, 3.05) is 17.7 Å². The summed E-state index contributed by atoms with van der Waals surface area (Å²) in [7, 11) is 0. The minimum Gasteiger partial charge on any atom is -0.493 e. The molecule has 0 spiro atoms. The largest absolute Gasteiger partial charge is 0.493 e. The highest BCUT2D eigenvalue weighted by Crippen LogP contribution is 2.16. The molecule has 21 heavy (non-hydrogen) atoms. The van der Waals surface area contributed by atoms with Gasteiger partial charge < -0.3 is 15.8 Å². The lowest BCUT2D eigenvalue weighted by molar-refractivity contribution is -0.116. The third kappa shape index (κ3) is 4.49. The van der Waals surface area contributed by atoms with Crippen molar-refractivity contribution in [2.24, 2.45) is 0 Å². The van der Waals surface area contributed by atoms with Gasteiger partial charge in [-0.25, -0.2) is 4.39 Å². The van der Waals surface area contributed by atoms with E-state index in [1.165, 1.54) is 12.1 Å². The number of nitrogens with two attached hydrogens (primary N) is 1. The minimum atomic E-state index is -0.322. The van der Waals surface area contributed by atoms with Crippen LogP contribution in [0.15, 0.2) is 42.5 Å². The third-order valence-electron chi connectivity index (χ3n) is 2.94. The number of carbonyl (C=O) groups excluding carboxylic acids is 1. The molecule has 0 aliphatic rings. The lowest BCUT2D eigenvalue weighted by atomic mass is 10.2. The predicted octanol–water partition coefficient (Wildman–Crippen LogP) is 3.12. The standard InChI is InChI=1S/C16H17FN2O2/c1-11-10-12(17)2-7-15(11)19-16(20)8-9-21-14-5-3-13(18)4-6-14/h2-7,10H,8-9,18H2,1H3,(H,19,20). The van der Waals surface area contributed by atoms with E-state index in [-0.39, 0.29) is 24.8 Å². The van der Waals surface area contributed by atoms with E-state index in [1.54, 1.807) is 37.3 Å². The second-order valence-corrected chi connectivity index (χ2v) is 4.67. The monoisotopic (exact) mass is 288 g/mol. The number of carbonyl (C=O) groups is 1. The second kappa shape index (κ2) is 6.74. The first-order chi connectivity index (χ1) is 10.0. The summed E-state index contributed by atoms with van der Waals surface area (Å²) in [5.74, 6) is 0.160. The van der Waals surface area contributed by atoms with Crippen molar-refractivity contribution in [3.63, 3.8) is 0 Å². The molecule has 3 N–H and O–H groups in total. The smallest absolute Gasteiger partial charge is 0.227 e. The summed E-state index contributed by atoms with van der Waals surface area (Å²) in [6.07, 6.45) is 0.210. The van der Waals surface area contributed by atoms with Gasteiger partial charge in [-0.1, -0.05) is 0 Å². The lowest BCUT2D eigenvalue weighted by Crippen LogP contribution is -2.15. The number of hydrogen-bond acceptors (Lipinski definition) is 3. The molecule has 0 atom stereocenters. The normalized spacial score (nSPS) is 10.2. The molecule has 0 aliphatic heterocycles. The van der Waals surface area contributed by atoms with E-state index >= 15 is 0 Å². The first kappa shape index (κ1) is 14.8. The maximum absolute atomic E-state index is 13.0. The minimum absolute atomic E-state index is 0.180. The van der Waals surface area contributed by atoms with Gasteiger partial charge in [-0.05, 0) is 55.0 Å². The maximum Gasteiger partial charge on any atom is 0.227 e. The number of rotatable bonds is 5. The van der Waals surface area contributed by atoms with E-state index in [4.69, 9.17) is 10.5 Å². The van der Waals surface area contributed by atoms with Gasteiger partial charge in [-0.3, -0.25) is 4.79 Å². The molecule has 2 rings (SSSR count). The molecule has 4 nitrogen and oxygen atoms in total. The number of hydrogen-bond donors (Lipinski definition) is 2. The number of amides is 1. The SMILES string of the molecule is Cc1cc(F)ccc1NC(=O)CCOc1ccc(N)cc1. The topological polar surface area (TPSA) is 64.3 Å². The maximum atomic E-state index is 13.0. The summed E-state index contributed by atoms with van der Waals surface area (Å²) in [5, 5.41) is 2.73. The Morgan fingerprint density at radius 2 is 1.95 bits per heavy atom. The molecule has 0 fully saturated rings. The van der Waals surface area contributed by atoms with Crippen molar-refractivity contribution in [1.82, 2.24) is 0 Å². The molecular formula is C16H17FN2O2. The zero-order valence-electron chi connectivity index (χ0n) is 11.7. The van der Waals surface area contributed by atoms with Crippen LogP contribution < -0.4 is 15.8 Å². The van der Waals surface area contributed by atoms with Crippen LogP contribution in [0.25, 0.3) is 0 Å². The Morgan fingerprint density at radius 3 is 2.62 bits per heavy atom. The summed E-state index contributed by atoms with van der Waals surface area (Å²) in [5.41, 5.74) is 7.52. The van der Waals surface area contributed by atoms with Gasteiger partial charge >= 0.3 is 0 Å². The van der Waals surface area contributed by atoms with Crippen molar-refractivity contribution in [3.8, 4) is 5.75 Å². The van der Waals surface area contributed by atoms with Gasteiger partial charge in [-0.15, -0.1) is 0 Å². The van der Waals surface area contributed by atoms with Crippen molar-refractivity contribution in [1.29, 1.82) is 0 Å². The van der Waals surface area contributed by atoms with Gasteiger partial charge in [0.25, 0.3) is 0 Å². The molecule has 0 radical (unpaired) electrons. The number of ether oxygens (including phenoxy) is 1. The van der Waals surface area contributed by atoms with E-state index < -0.39 is 0 Å². The van der Waals surface area contributed by atoms with Crippen LogP contribution in [0.3, 0.4) is 0 Å². The molecule has 5 heteroatoms. The predicted molar refractivity (Wildman–Crippen MR) is 80.7 cm³/mol. The van der Waals surface area contributed by atoms with Gasteiger partial charge in [-0.2, -0.15) is 0 Å². The molecule has 0 saturated carbocycles. The highest BCUT2D eigenvalue weighted by atomic mass is 19.1. The van der Waals surface area contributed by atoms with E-state index in [0.717, 1.165) is 0 Å². The van der Waals surface area contributed by atoms with Crippen LogP contribution in [0.4, 0.5) is 15.8 Å². The number of benzene rings is 2. The fraction of sp³-hybridized carbons (Fsp3) is 0.188.